The number of carboxylic acid groups (broad SMARTS) is 8. The van der Waals surface area contributed by atoms with Crippen LogP contribution in [0.1, 0.15) is 22.8 Å². The summed E-state index contributed by atoms with van der Waals surface area (Å²) in [5.41, 5.74) is 4.48. The molecule has 0 spiro atoms. The normalized spacial score (nSPS) is 11.3. The third-order valence-electron chi connectivity index (χ3n) is 12.5. The Morgan fingerprint density at radius 1 is 0.273 bits per heavy atom. The standard InChI is InChI=1S/C60H46N4O24/c65-49(66)21-81-41-13-1-29(17-45(41)85-25-53(73)74)57-33-5-7-35(61-33)58(30-2-14-42(82-22-50(67)68)46(18-30)86-26-54(75)76)37-9-11-39(63-37)60(32-4-16-44(84-24-52(71)72)48(20-32)88-28-56(79)80)40-12-10-38(64-40)59(36-8-6-34(57)62-36)31-3-15-43(83-23-51(69)70)47(19-31)87-27-55(77)78/h1-20,61,64H,21-28H2,(H,65,66)(H,67,68)(H,69,70)(H,71,72)(H,73,74)(H,75,76)(H,77,78)(H,79,80). The second-order valence-electron chi connectivity index (χ2n) is 18.6. The zero-order chi connectivity index (χ0) is 62.8. The van der Waals surface area contributed by atoms with Gasteiger partial charge in [0.2, 0.25) is 0 Å². The molecule has 8 bridgehead atoms. The summed E-state index contributed by atoms with van der Waals surface area (Å²) < 4.78 is 44.6. The number of nitrogens with one attached hydrogen (secondary N) is 2. The number of H-pyrrole nitrogens is 2. The first kappa shape index (κ1) is 60.2. The highest BCUT2D eigenvalue weighted by Crippen LogP contribution is 2.44. The fourth-order valence-electron chi connectivity index (χ4n) is 9.12. The lowest BCUT2D eigenvalue weighted by molar-refractivity contribution is -0.140. The Bertz CT molecular complexity index is 3710. The molecule has 2 aliphatic rings. The van der Waals surface area contributed by atoms with E-state index in [1.165, 1.54) is 72.8 Å². The Labute approximate surface area is 492 Å². The SMILES string of the molecule is O=C(O)COc1ccc(-c2c3nc(c(-c4ccc(OCC(=O)O)c(OCC(=O)O)c4)c4ccc([nH]4)c(-c4ccc(OCC(=O)O)c(OCC(=O)O)c4)c4nc(c(-c5ccc(OCC(=O)O)c(OCC(=O)O)c5)c5ccc2[nH]5)C=C4)C=C3)cc1OCC(=O)O. The number of aromatic nitrogens is 4. The highest BCUT2D eigenvalue weighted by atomic mass is 16.6. The van der Waals surface area contributed by atoms with Crippen molar-refractivity contribution in [3.05, 3.63) is 120 Å². The molecule has 4 aromatic carbocycles. The van der Waals surface area contributed by atoms with Crippen LogP contribution in [-0.4, -0.2) is 161 Å². The summed E-state index contributed by atoms with van der Waals surface area (Å²) in [6.45, 7) is -6.82. The van der Waals surface area contributed by atoms with Crippen molar-refractivity contribution < 1.29 is 117 Å². The molecule has 0 saturated heterocycles. The molecule has 0 radical (unpaired) electrons. The number of benzene rings is 4. The van der Waals surface area contributed by atoms with Gasteiger partial charge in [0.05, 0.1) is 22.8 Å². The molecule has 9 rings (SSSR count). The van der Waals surface area contributed by atoms with E-state index in [2.05, 4.69) is 9.97 Å². The van der Waals surface area contributed by atoms with Crippen LogP contribution in [0.15, 0.2) is 97.1 Å². The molecule has 0 aliphatic carbocycles. The molecule has 0 amide bonds. The molecular formula is C60H46N4O24. The quantitative estimate of drug-likeness (QED) is 0.0235. The van der Waals surface area contributed by atoms with Gasteiger partial charge < -0.3 is 88.7 Å². The third-order valence-corrected chi connectivity index (χ3v) is 12.5. The fraction of sp³-hybridized carbons (Fsp3) is 0.133. The van der Waals surface area contributed by atoms with Crippen LogP contribution >= 0.6 is 0 Å². The summed E-state index contributed by atoms with van der Waals surface area (Å²) in [6.07, 6.45) is 6.53. The number of carboxylic acids is 8. The van der Waals surface area contributed by atoms with Crippen molar-refractivity contribution in [1.29, 1.82) is 0 Å². The van der Waals surface area contributed by atoms with Gasteiger partial charge in [0.1, 0.15) is 0 Å². The smallest absolute Gasteiger partial charge is 0.341 e. The van der Waals surface area contributed by atoms with Gasteiger partial charge in [-0.05, 0) is 119 Å². The lowest BCUT2D eigenvalue weighted by Gasteiger charge is -2.14. The van der Waals surface area contributed by atoms with E-state index in [1.54, 1.807) is 48.6 Å². The average Bonchev–Trinajstić information content (AvgIpc) is 2.11. The second kappa shape index (κ2) is 26.5. The van der Waals surface area contributed by atoms with Crippen LogP contribution in [0, 0.1) is 0 Å². The molecular weight excluding hydrogens is 1160 g/mol. The van der Waals surface area contributed by atoms with Gasteiger partial charge in [0.25, 0.3) is 0 Å². The Kier molecular flexibility index (Phi) is 18.1. The highest BCUT2D eigenvalue weighted by molar-refractivity contribution is 6.00. The van der Waals surface area contributed by atoms with Crippen LogP contribution < -0.4 is 37.9 Å². The van der Waals surface area contributed by atoms with Crippen molar-refractivity contribution in [3.8, 4) is 90.5 Å². The number of aromatic amines is 2. The largest absolute Gasteiger partial charge is 0.479 e. The highest BCUT2D eigenvalue weighted by Gasteiger charge is 2.24. The molecule has 2 aliphatic heterocycles. The number of rotatable bonds is 28. The van der Waals surface area contributed by atoms with Crippen LogP contribution in [-0.2, 0) is 38.4 Å². The van der Waals surface area contributed by atoms with Gasteiger partial charge >= 0.3 is 47.8 Å². The van der Waals surface area contributed by atoms with E-state index in [4.69, 9.17) is 47.9 Å². The summed E-state index contributed by atoms with van der Waals surface area (Å²) >= 11 is 0. The van der Waals surface area contributed by atoms with Gasteiger partial charge in [0, 0.05) is 44.3 Å². The molecule has 88 heavy (non-hydrogen) atoms. The molecule has 0 unspecified atom stereocenters. The average molecular weight is 1210 g/mol. The van der Waals surface area contributed by atoms with Gasteiger partial charge in [-0.15, -0.1) is 0 Å². The molecule has 5 heterocycles. The molecule has 10 N–H and O–H groups in total. The lowest BCUT2D eigenvalue weighted by atomic mass is 10.0. The number of hydrogen-bond donors (Lipinski definition) is 10. The van der Waals surface area contributed by atoms with Crippen molar-refractivity contribution in [2.45, 2.75) is 0 Å². The first-order valence-electron chi connectivity index (χ1n) is 25.7. The van der Waals surface area contributed by atoms with Gasteiger partial charge in [-0.25, -0.2) is 48.3 Å². The number of ether oxygens (including phenoxy) is 8. The minimum Gasteiger partial charge on any atom is -0.479 e. The number of nitrogens with zero attached hydrogens (tertiary/aromatic N) is 2. The van der Waals surface area contributed by atoms with Crippen LogP contribution in [0.25, 0.3) is 90.9 Å². The summed E-state index contributed by atoms with van der Waals surface area (Å²) in [6, 6.07) is 23.9. The Morgan fingerprint density at radius 2 is 0.455 bits per heavy atom. The van der Waals surface area contributed by atoms with Gasteiger partial charge in [-0.3, -0.25) is 0 Å². The molecule has 3 aromatic heterocycles. The molecule has 450 valence electrons. The molecule has 28 nitrogen and oxygen atoms in total. The lowest BCUT2D eigenvalue weighted by Crippen LogP contribution is -2.13. The Balaban J connectivity index is 1.43. The van der Waals surface area contributed by atoms with E-state index in [0.717, 1.165) is 0 Å². The summed E-state index contributed by atoms with van der Waals surface area (Å²) in [5, 5.41) is 76.6. The maximum absolute atomic E-state index is 11.9. The molecule has 0 fully saturated rings. The zero-order valence-electron chi connectivity index (χ0n) is 45.2. The second-order valence-corrected chi connectivity index (χ2v) is 18.6. The van der Waals surface area contributed by atoms with Crippen molar-refractivity contribution in [2.24, 2.45) is 0 Å². The topological polar surface area (TPSA) is 430 Å². The first-order chi connectivity index (χ1) is 42.2. The number of carbonyl (C=O) groups is 8. The van der Waals surface area contributed by atoms with Crippen LogP contribution in [0.3, 0.4) is 0 Å². The van der Waals surface area contributed by atoms with E-state index in [0.29, 0.717) is 66.6 Å². The molecule has 0 saturated carbocycles. The Hall–Kier alpha value is -12.4. The van der Waals surface area contributed by atoms with Crippen molar-refractivity contribution >= 4 is 94.1 Å². The van der Waals surface area contributed by atoms with Crippen LogP contribution in [0.2, 0.25) is 0 Å². The van der Waals surface area contributed by atoms with E-state index < -0.39 is 101 Å². The van der Waals surface area contributed by atoms with Gasteiger partial charge in [0.15, 0.2) is 98.9 Å². The van der Waals surface area contributed by atoms with Crippen molar-refractivity contribution in [2.75, 3.05) is 52.9 Å². The van der Waals surface area contributed by atoms with Crippen LogP contribution in [0.4, 0.5) is 0 Å². The minimum absolute atomic E-state index is 0.132. The monoisotopic (exact) mass is 1210 g/mol. The molecule has 28 heteroatoms. The van der Waals surface area contributed by atoms with E-state index in [1.807, 2.05) is 0 Å². The number of fused-ring (bicyclic) bond motifs is 8. The molecule has 0 atom stereocenters. The zero-order valence-corrected chi connectivity index (χ0v) is 45.2. The predicted molar refractivity (Wildman–Crippen MR) is 306 cm³/mol. The summed E-state index contributed by atoms with van der Waals surface area (Å²) in [4.78, 5) is 111. The van der Waals surface area contributed by atoms with E-state index >= 15 is 0 Å². The third kappa shape index (κ3) is 14.5. The maximum atomic E-state index is 11.9. The summed E-state index contributed by atoms with van der Waals surface area (Å²) in [7, 11) is 0. The molecule has 7 aromatic rings. The number of hydrogen-bond acceptors (Lipinski definition) is 18. The number of aliphatic carboxylic acids is 8. The van der Waals surface area contributed by atoms with Crippen molar-refractivity contribution in [1.82, 2.24) is 19.9 Å². The summed E-state index contributed by atoms with van der Waals surface area (Å²) in [5.74, 6) is -12.1. The van der Waals surface area contributed by atoms with Gasteiger partial charge in [-0.2, -0.15) is 0 Å². The Morgan fingerprint density at radius 3 is 0.636 bits per heavy atom. The van der Waals surface area contributed by atoms with Crippen LogP contribution in [0.5, 0.6) is 46.0 Å². The first-order valence-corrected chi connectivity index (χ1v) is 25.7. The van der Waals surface area contributed by atoms with E-state index in [9.17, 15) is 79.2 Å². The van der Waals surface area contributed by atoms with E-state index in [-0.39, 0.29) is 68.8 Å². The van der Waals surface area contributed by atoms with Crippen molar-refractivity contribution in [3.63, 3.8) is 0 Å². The maximum Gasteiger partial charge on any atom is 0.341 e. The van der Waals surface area contributed by atoms with Gasteiger partial charge in [-0.1, -0.05) is 24.3 Å². The predicted octanol–water partition coefficient (Wildman–Crippen LogP) is 7.03. The minimum atomic E-state index is -1.37. The fourth-order valence-corrected chi connectivity index (χ4v) is 9.12.